The Morgan fingerprint density at radius 3 is 2.70 bits per heavy atom. The van der Waals surface area contributed by atoms with Crippen molar-refractivity contribution < 1.29 is 9.47 Å². The average molecular weight is 286 g/mol. The highest BCUT2D eigenvalue weighted by molar-refractivity contribution is 4.78. The molecule has 1 saturated heterocycles. The number of nitrogens with zero attached hydrogens (tertiary/aromatic N) is 1. The van der Waals surface area contributed by atoms with Gasteiger partial charge in [-0.05, 0) is 59.0 Å². The van der Waals surface area contributed by atoms with Gasteiger partial charge >= 0.3 is 0 Å². The summed E-state index contributed by atoms with van der Waals surface area (Å²) in [6.07, 6.45) is 3.67. The van der Waals surface area contributed by atoms with Crippen LogP contribution in [-0.4, -0.2) is 63.5 Å². The van der Waals surface area contributed by atoms with E-state index in [0.29, 0.717) is 0 Å². The minimum absolute atomic E-state index is 0.229. The molecule has 20 heavy (non-hydrogen) atoms. The summed E-state index contributed by atoms with van der Waals surface area (Å²) in [5.74, 6) is 0.788. The Balaban J connectivity index is 2.08. The second-order valence-electron chi connectivity index (χ2n) is 6.90. The number of ether oxygens (including phenoxy) is 2. The quantitative estimate of drug-likeness (QED) is 0.659. The lowest BCUT2D eigenvalue weighted by Gasteiger charge is -2.34. The predicted molar refractivity (Wildman–Crippen MR) is 84.2 cm³/mol. The van der Waals surface area contributed by atoms with Gasteiger partial charge < -0.3 is 19.7 Å². The second kappa shape index (κ2) is 9.72. The summed E-state index contributed by atoms with van der Waals surface area (Å²) in [7, 11) is 1.74. The molecule has 0 radical (unpaired) electrons. The van der Waals surface area contributed by atoms with E-state index in [1.807, 2.05) is 0 Å². The molecular weight excluding hydrogens is 252 g/mol. The van der Waals surface area contributed by atoms with Crippen LogP contribution in [0.15, 0.2) is 0 Å². The molecule has 0 aromatic rings. The number of hydrogen-bond acceptors (Lipinski definition) is 4. The standard InChI is InChI=1S/C16H34N2O2/c1-16(2,3)17-13-15-7-5-8-18(14-15)9-12-20-11-6-10-19-4/h15,17H,5-14H2,1-4H3. The topological polar surface area (TPSA) is 33.7 Å². The monoisotopic (exact) mass is 286 g/mol. The van der Waals surface area contributed by atoms with Crippen LogP contribution in [0.4, 0.5) is 0 Å². The fraction of sp³-hybridized carbons (Fsp3) is 1.00. The summed E-state index contributed by atoms with van der Waals surface area (Å²) in [6.45, 7) is 13.8. The molecule has 1 unspecified atom stereocenters. The summed E-state index contributed by atoms with van der Waals surface area (Å²) in [4.78, 5) is 2.55. The zero-order valence-electron chi connectivity index (χ0n) is 13.9. The molecule has 1 fully saturated rings. The van der Waals surface area contributed by atoms with Crippen molar-refractivity contribution in [1.29, 1.82) is 0 Å². The Morgan fingerprint density at radius 1 is 1.20 bits per heavy atom. The molecule has 0 aromatic carbocycles. The maximum Gasteiger partial charge on any atom is 0.0593 e. The molecule has 4 heteroatoms. The van der Waals surface area contributed by atoms with Crippen LogP contribution in [0.1, 0.15) is 40.0 Å². The molecule has 1 atom stereocenters. The molecule has 0 saturated carbocycles. The van der Waals surface area contributed by atoms with Crippen molar-refractivity contribution in [2.75, 3.05) is 53.1 Å². The highest BCUT2D eigenvalue weighted by Gasteiger charge is 2.21. The van der Waals surface area contributed by atoms with E-state index in [2.05, 4.69) is 31.0 Å². The molecule has 0 aromatic heterocycles. The highest BCUT2D eigenvalue weighted by Crippen LogP contribution is 2.16. The number of piperidine rings is 1. The van der Waals surface area contributed by atoms with E-state index in [0.717, 1.165) is 45.2 Å². The molecule has 0 spiro atoms. The normalized spacial score (nSPS) is 21.3. The average Bonchev–Trinajstić information content (AvgIpc) is 2.40. The van der Waals surface area contributed by atoms with Gasteiger partial charge in [-0.25, -0.2) is 0 Å². The summed E-state index contributed by atoms with van der Waals surface area (Å²) in [6, 6.07) is 0. The first kappa shape index (κ1) is 17.9. The van der Waals surface area contributed by atoms with Crippen molar-refractivity contribution in [3.63, 3.8) is 0 Å². The van der Waals surface area contributed by atoms with Crippen LogP contribution >= 0.6 is 0 Å². The van der Waals surface area contributed by atoms with Crippen molar-refractivity contribution in [1.82, 2.24) is 10.2 Å². The molecule has 4 nitrogen and oxygen atoms in total. The number of nitrogens with one attached hydrogen (secondary N) is 1. The first-order chi connectivity index (χ1) is 9.51. The van der Waals surface area contributed by atoms with Gasteiger partial charge in [-0.3, -0.25) is 0 Å². The number of methoxy groups -OCH3 is 1. The van der Waals surface area contributed by atoms with E-state index in [1.54, 1.807) is 7.11 Å². The largest absolute Gasteiger partial charge is 0.385 e. The smallest absolute Gasteiger partial charge is 0.0593 e. The minimum atomic E-state index is 0.229. The molecule has 1 heterocycles. The maximum atomic E-state index is 5.65. The lowest BCUT2D eigenvalue weighted by atomic mass is 9.96. The maximum absolute atomic E-state index is 5.65. The van der Waals surface area contributed by atoms with Crippen molar-refractivity contribution in [3.05, 3.63) is 0 Å². The fourth-order valence-corrected chi connectivity index (χ4v) is 2.57. The molecule has 0 aliphatic carbocycles. The van der Waals surface area contributed by atoms with Gasteiger partial charge in [0.15, 0.2) is 0 Å². The van der Waals surface area contributed by atoms with Gasteiger partial charge in [0, 0.05) is 39.0 Å². The highest BCUT2D eigenvalue weighted by atomic mass is 16.5. The second-order valence-corrected chi connectivity index (χ2v) is 6.90. The van der Waals surface area contributed by atoms with E-state index >= 15 is 0 Å². The molecule has 1 rings (SSSR count). The van der Waals surface area contributed by atoms with Crippen LogP contribution in [0.5, 0.6) is 0 Å². The molecule has 1 N–H and O–H groups in total. The Morgan fingerprint density at radius 2 is 2.00 bits per heavy atom. The SMILES string of the molecule is COCCCOCCN1CCCC(CNC(C)(C)C)C1. The van der Waals surface area contributed by atoms with E-state index in [9.17, 15) is 0 Å². The molecule has 0 bridgehead atoms. The first-order valence-corrected chi connectivity index (χ1v) is 8.05. The summed E-state index contributed by atoms with van der Waals surface area (Å²) < 4.78 is 10.7. The molecule has 120 valence electrons. The first-order valence-electron chi connectivity index (χ1n) is 8.05. The van der Waals surface area contributed by atoms with Crippen LogP contribution < -0.4 is 5.32 Å². The lowest BCUT2D eigenvalue weighted by molar-refractivity contribution is 0.0705. The molecule has 1 aliphatic rings. The predicted octanol–water partition coefficient (Wildman–Crippen LogP) is 2.14. The van der Waals surface area contributed by atoms with Crippen molar-refractivity contribution in [3.8, 4) is 0 Å². The molecule has 1 aliphatic heterocycles. The number of hydrogen-bond donors (Lipinski definition) is 1. The number of likely N-dealkylation sites (tertiary alicyclic amines) is 1. The van der Waals surface area contributed by atoms with Crippen LogP contribution in [-0.2, 0) is 9.47 Å². The Kier molecular flexibility index (Phi) is 8.69. The summed E-state index contributed by atoms with van der Waals surface area (Å²) in [5, 5.41) is 3.63. The zero-order chi connectivity index (χ0) is 14.8. The van der Waals surface area contributed by atoms with Crippen molar-refractivity contribution in [2.24, 2.45) is 5.92 Å². The fourth-order valence-electron chi connectivity index (χ4n) is 2.57. The van der Waals surface area contributed by atoms with Gasteiger partial charge in [-0.1, -0.05) is 0 Å². The number of rotatable bonds is 9. The summed E-state index contributed by atoms with van der Waals surface area (Å²) in [5.41, 5.74) is 0.229. The third-order valence-electron chi connectivity index (χ3n) is 3.71. The molecule has 0 amide bonds. The Hall–Kier alpha value is -0.160. The van der Waals surface area contributed by atoms with Crippen molar-refractivity contribution >= 4 is 0 Å². The van der Waals surface area contributed by atoms with E-state index in [-0.39, 0.29) is 5.54 Å². The Bertz CT molecular complexity index is 241. The van der Waals surface area contributed by atoms with Crippen LogP contribution in [0.2, 0.25) is 0 Å². The third kappa shape index (κ3) is 8.90. The summed E-state index contributed by atoms with van der Waals surface area (Å²) >= 11 is 0. The van der Waals surface area contributed by atoms with Crippen LogP contribution in [0, 0.1) is 5.92 Å². The van der Waals surface area contributed by atoms with E-state index in [1.165, 1.54) is 25.9 Å². The van der Waals surface area contributed by atoms with E-state index in [4.69, 9.17) is 9.47 Å². The van der Waals surface area contributed by atoms with Gasteiger partial charge in [0.05, 0.1) is 6.61 Å². The van der Waals surface area contributed by atoms with Gasteiger partial charge in [-0.2, -0.15) is 0 Å². The zero-order valence-corrected chi connectivity index (χ0v) is 13.9. The third-order valence-corrected chi connectivity index (χ3v) is 3.71. The minimum Gasteiger partial charge on any atom is -0.385 e. The molecular formula is C16H34N2O2. The van der Waals surface area contributed by atoms with Gasteiger partial charge in [0.2, 0.25) is 0 Å². The van der Waals surface area contributed by atoms with E-state index < -0.39 is 0 Å². The van der Waals surface area contributed by atoms with Crippen LogP contribution in [0.25, 0.3) is 0 Å². The lowest BCUT2D eigenvalue weighted by Crippen LogP contribution is -2.45. The van der Waals surface area contributed by atoms with Crippen molar-refractivity contribution in [2.45, 2.75) is 45.6 Å². The van der Waals surface area contributed by atoms with Crippen LogP contribution in [0.3, 0.4) is 0 Å². The Labute approximate surface area is 125 Å². The van der Waals surface area contributed by atoms with Gasteiger partial charge in [-0.15, -0.1) is 0 Å². The van der Waals surface area contributed by atoms with Gasteiger partial charge in [0.25, 0.3) is 0 Å². The van der Waals surface area contributed by atoms with Gasteiger partial charge in [0.1, 0.15) is 0 Å².